The Bertz CT molecular complexity index is 464. The van der Waals surface area contributed by atoms with Crippen LogP contribution in [0.1, 0.15) is 33.6 Å². The fraction of sp³-hybridized carbons (Fsp3) is 0.429. The summed E-state index contributed by atoms with van der Waals surface area (Å²) in [5.41, 5.74) is 6.79. The summed E-state index contributed by atoms with van der Waals surface area (Å²) in [6.45, 7) is 5.21. The SMILES string of the molecule is CC(=O)Nc1cccc(NC(=O)CCC(C)(C)N)c1. The van der Waals surface area contributed by atoms with Crippen LogP contribution in [0.2, 0.25) is 0 Å². The smallest absolute Gasteiger partial charge is 0.224 e. The summed E-state index contributed by atoms with van der Waals surface area (Å²) in [7, 11) is 0. The van der Waals surface area contributed by atoms with Crippen molar-refractivity contribution in [1.82, 2.24) is 0 Å². The van der Waals surface area contributed by atoms with E-state index in [9.17, 15) is 9.59 Å². The van der Waals surface area contributed by atoms with E-state index in [0.717, 1.165) is 0 Å². The van der Waals surface area contributed by atoms with E-state index >= 15 is 0 Å². The van der Waals surface area contributed by atoms with E-state index in [2.05, 4.69) is 10.6 Å². The van der Waals surface area contributed by atoms with Crippen LogP contribution in [0.3, 0.4) is 0 Å². The van der Waals surface area contributed by atoms with E-state index in [0.29, 0.717) is 24.2 Å². The van der Waals surface area contributed by atoms with Gasteiger partial charge in [0.2, 0.25) is 11.8 Å². The highest BCUT2D eigenvalue weighted by molar-refractivity contribution is 5.93. The second kappa shape index (κ2) is 6.33. The second-order valence-corrected chi connectivity index (χ2v) is 5.30. The van der Waals surface area contributed by atoms with Crippen LogP contribution >= 0.6 is 0 Å². The summed E-state index contributed by atoms with van der Waals surface area (Å²) in [6.07, 6.45) is 0.984. The van der Waals surface area contributed by atoms with Gasteiger partial charge in [0.15, 0.2) is 0 Å². The summed E-state index contributed by atoms with van der Waals surface area (Å²) in [6, 6.07) is 7.03. The van der Waals surface area contributed by atoms with Crippen LogP contribution in [-0.4, -0.2) is 17.4 Å². The molecule has 0 heterocycles. The maximum atomic E-state index is 11.7. The average molecular weight is 263 g/mol. The summed E-state index contributed by atoms with van der Waals surface area (Å²) in [4.78, 5) is 22.7. The van der Waals surface area contributed by atoms with Crippen LogP contribution in [-0.2, 0) is 9.59 Å². The van der Waals surface area contributed by atoms with E-state index < -0.39 is 0 Å². The summed E-state index contributed by atoms with van der Waals surface area (Å²) >= 11 is 0. The maximum absolute atomic E-state index is 11.7. The third kappa shape index (κ3) is 6.57. The molecule has 0 bridgehead atoms. The fourth-order valence-corrected chi connectivity index (χ4v) is 1.54. The first-order valence-corrected chi connectivity index (χ1v) is 6.23. The van der Waals surface area contributed by atoms with Crippen LogP contribution in [0, 0.1) is 0 Å². The topological polar surface area (TPSA) is 84.2 Å². The Labute approximate surface area is 113 Å². The minimum Gasteiger partial charge on any atom is -0.326 e. The highest BCUT2D eigenvalue weighted by Crippen LogP contribution is 2.16. The molecule has 0 spiro atoms. The Hall–Kier alpha value is -1.88. The van der Waals surface area contributed by atoms with Crippen molar-refractivity contribution in [2.75, 3.05) is 10.6 Å². The molecule has 19 heavy (non-hydrogen) atoms. The molecule has 0 atom stereocenters. The minimum absolute atomic E-state index is 0.0847. The van der Waals surface area contributed by atoms with Gasteiger partial charge in [-0.15, -0.1) is 0 Å². The number of nitrogens with two attached hydrogens (primary N) is 1. The lowest BCUT2D eigenvalue weighted by atomic mass is 10.00. The zero-order chi connectivity index (χ0) is 14.5. The number of rotatable bonds is 5. The number of carbonyl (C=O) groups is 2. The molecule has 2 amide bonds. The Morgan fingerprint density at radius 2 is 1.79 bits per heavy atom. The third-order valence-corrected chi connectivity index (χ3v) is 2.46. The van der Waals surface area contributed by atoms with Crippen LogP contribution in [0.15, 0.2) is 24.3 Å². The molecule has 0 saturated carbocycles. The average Bonchev–Trinajstić information content (AvgIpc) is 2.25. The zero-order valence-corrected chi connectivity index (χ0v) is 11.6. The molecule has 0 saturated heterocycles. The lowest BCUT2D eigenvalue weighted by Crippen LogP contribution is -2.33. The molecule has 0 aromatic heterocycles. The largest absolute Gasteiger partial charge is 0.326 e. The standard InChI is InChI=1S/C14H21N3O2/c1-10(18)16-11-5-4-6-12(9-11)17-13(19)7-8-14(2,3)15/h4-6,9H,7-8,15H2,1-3H3,(H,16,18)(H,17,19). The number of carbonyl (C=O) groups excluding carboxylic acids is 2. The third-order valence-electron chi connectivity index (χ3n) is 2.46. The van der Waals surface area contributed by atoms with Gasteiger partial charge < -0.3 is 16.4 Å². The molecule has 5 nitrogen and oxygen atoms in total. The Balaban J connectivity index is 2.57. The van der Waals surface area contributed by atoms with Gasteiger partial charge in [0.05, 0.1) is 0 Å². The minimum atomic E-state index is -0.352. The number of hydrogen-bond acceptors (Lipinski definition) is 3. The molecule has 5 heteroatoms. The van der Waals surface area contributed by atoms with Crippen molar-refractivity contribution in [2.24, 2.45) is 5.73 Å². The molecule has 1 rings (SSSR count). The van der Waals surface area contributed by atoms with E-state index in [1.54, 1.807) is 24.3 Å². The van der Waals surface area contributed by atoms with Gasteiger partial charge in [0.1, 0.15) is 0 Å². The van der Waals surface area contributed by atoms with E-state index in [1.165, 1.54) is 6.92 Å². The van der Waals surface area contributed by atoms with E-state index in [4.69, 9.17) is 5.73 Å². The molecule has 4 N–H and O–H groups in total. The van der Waals surface area contributed by atoms with Gasteiger partial charge in [-0.2, -0.15) is 0 Å². The first kappa shape index (κ1) is 15.2. The van der Waals surface area contributed by atoms with Crippen molar-refractivity contribution in [3.05, 3.63) is 24.3 Å². The monoisotopic (exact) mass is 263 g/mol. The van der Waals surface area contributed by atoms with Gasteiger partial charge in [-0.05, 0) is 38.5 Å². The number of amides is 2. The molecule has 0 aliphatic heterocycles. The van der Waals surface area contributed by atoms with Crippen molar-refractivity contribution < 1.29 is 9.59 Å². The number of anilines is 2. The predicted octanol–water partition coefficient (Wildman–Crippen LogP) is 2.10. The molecule has 1 aromatic carbocycles. The normalized spacial score (nSPS) is 10.9. The van der Waals surface area contributed by atoms with Crippen LogP contribution < -0.4 is 16.4 Å². The van der Waals surface area contributed by atoms with Crippen molar-refractivity contribution in [1.29, 1.82) is 0 Å². The Morgan fingerprint density at radius 3 is 2.32 bits per heavy atom. The van der Waals surface area contributed by atoms with Gasteiger partial charge in [-0.3, -0.25) is 9.59 Å². The van der Waals surface area contributed by atoms with E-state index in [-0.39, 0.29) is 17.4 Å². The molecular formula is C14H21N3O2. The summed E-state index contributed by atoms with van der Waals surface area (Å²) in [5, 5.41) is 5.45. The Kier molecular flexibility index (Phi) is 5.06. The van der Waals surface area contributed by atoms with Gasteiger partial charge >= 0.3 is 0 Å². The highest BCUT2D eigenvalue weighted by Gasteiger charge is 2.13. The van der Waals surface area contributed by atoms with Gasteiger partial charge in [0.25, 0.3) is 0 Å². The highest BCUT2D eigenvalue weighted by atomic mass is 16.2. The van der Waals surface area contributed by atoms with Crippen LogP contribution in [0.5, 0.6) is 0 Å². The summed E-state index contributed by atoms with van der Waals surface area (Å²) < 4.78 is 0. The van der Waals surface area contributed by atoms with Gasteiger partial charge in [-0.25, -0.2) is 0 Å². The van der Waals surface area contributed by atoms with Crippen molar-refractivity contribution in [3.8, 4) is 0 Å². The first-order chi connectivity index (χ1) is 8.76. The predicted molar refractivity (Wildman–Crippen MR) is 76.9 cm³/mol. The van der Waals surface area contributed by atoms with Crippen molar-refractivity contribution in [2.45, 2.75) is 39.2 Å². The molecule has 0 fully saturated rings. The van der Waals surface area contributed by atoms with E-state index in [1.807, 2.05) is 13.8 Å². The quantitative estimate of drug-likeness (QED) is 0.760. The maximum Gasteiger partial charge on any atom is 0.224 e. The molecule has 0 unspecified atom stereocenters. The zero-order valence-electron chi connectivity index (χ0n) is 11.6. The number of nitrogens with one attached hydrogen (secondary N) is 2. The molecular weight excluding hydrogens is 242 g/mol. The molecule has 104 valence electrons. The molecule has 0 radical (unpaired) electrons. The lowest BCUT2D eigenvalue weighted by molar-refractivity contribution is -0.116. The van der Waals surface area contributed by atoms with Crippen LogP contribution in [0.25, 0.3) is 0 Å². The van der Waals surface area contributed by atoms with Gasteiger partial charge in [0, 0.05) is 30.3 Å². The van der Waals surface area contributed by atoms with Crippen molar-refractivity contribution >= 4 is 23.2 Å². The number of benzene rings is 1. The van der Waals surface area contributed by atoms with Crippen LogP contribution in [0.4, 0.5) is 11.4 Å². The number of hydrogen-bond donors (Lipinski definition) is 3. The molecule has 0 aliphatic rings. The molecule has 0 aliphatic carbocycles. The second-order valence-electron chi connectivity index (χ2n) is 5.30. The first-order valence-electron chi connectivity index (χ1n) is 6.23. The Morgan fingerprint density at radius 1 is 1.21 bits per heavy atom. The van der Waals surface area contributed by atoms with Crippen molar-refractivity contribution in [3.63, 3.8) is 0 Å². The fourth-order valence-electron chi connectivity index (χ4n) is 1.54. The summed E-state index contributed by atoms with van der Waals surface area (Å²) in [5.74, 6) is -0.230. The van der Waals surface area contributed by atoms with Gasteiger partial charge in [-0.1, -0.05) is 6.07 Å². The lowest BCUT2D eigenvalue weighted by Gasteiger charge is -2.17. The molecule has 1 aromatic rings.